The molecule has 2 aromatic rings. The first kappa shape index (κ1) is 18.2. The van der Waals surface area contributed by atoms with E-state index in [0.29, 0.717) is 18.9 Å². The van der Waals surface area contributed by atoms with E-state index in [1.165, 1.54) is 28.6 Å². The molecule has 0 unspecified atom stereocenters. The van der Waals surface area contributed by atoms with Gasteiger partial charge in [0, 0.05) is 17.7 Å². The fraction of sp³-hybridized carbons (Fsp3) is 0.200. The summed E-state index contributed by atoms with van der Waals surface area (Å²) in [6.45, 7) is 2.40. The second-order valence-corrected chi connectivity index (χ2v) is 8.61. The van der Waals surface area contributed by atoms with Gasteiger partial charge < -0.3 is 4.74 Å². The third-order valence-corrected chi connectivity index (χ3v) is 6.65. The van der Waals surface area contributed by atoms with Gasteiger partial charge in [-0.3, -0.25) is 10.1 Å². The first-order valence-electron chi connectivity index (χ1n) is 8.75. The van der Waals surface area contributed by atoms with Gasteiger partial charge in [0.25, 0.3) is 15.7 Å². The lowest BCUT2D eigenvalue weighted by molar-refractivity contribution is -0.384. The van der Waals surface area contributed by atoms with Crippen molar-refractivity contribution >= 4 is 21.3 Å². The summed E-state index contributed by atoms with van der Waals surface area (Å²) >= 11 is 0. The van der Waals surface area contributed by atoms with Crippen LogP contribution in [0.15, 0.2) is 71.0 Å². The number of rotatable bonds is 3. The molecule has 2 aromatic carbocycles. The fourth-order valence-corrected chi connectivity index (χ4v) is 4.82. The molecule has 0 N–H and O–H groups in total. The van der Waals surface area contributed by atoms with Crippen molar-refractivity contribution in [3.63, 3.8) is 0 Å². The first-order chi connectivity index (χ1) is 13.4. The van der Waals surface area contributed by atoms with Crippen LogP contribution in [-0.2, 0) is 21.4 Å². The Kier molecular flexibility index (Phi) is 4.43. The van der Waals surface area contributed by atoms with Gasteiger partial charge in [0.05, 0.1) is 16.4 Å². The van der Waals surface area contributed by atoms with E-state index in [4.69, 9.17) is 4.74 Å². The van der Waals surface area contributed by atoms with E-state index in [1.54, 1.807) is 0 Å². The van der Waals surface area contributed by atoms with Gasteiger partial charge in [-0.05, 0) is 36.6 Å². The standard InChI is InChI=1S/C20H18N2O5S/c1-14-10-11-21(28(25,26)17-8-6-16(7-9-17)22(23)24)20-19(12-14)18-5-3-2-4-15(18)13-27-20/h2-10H,11-13H2,1H3. The number of nitro groups is 1. The molecule has 0 radical (unpaired) electrons. The Morgan fingerprint density at radius 1 is 1.11 bits per heavy atom. The molecule has 0 atom stereocenters. The molecule has 0 fully saturated rings. The number of benzene rings is 2. The van der Waals surface area contributed by atoms with Crippen molar-refractivity contribution in [3.8, 4) is 0 Å². The van der Waals surface area contributed by atoms with Crippen LogP contribution < -0.4 is 0 Å². The van der Waals surface area contributed by atoms with Crippen LogP contribution >= 0.6 is 0 Å². The third-order valence-electron chi connectivity index (χ3n) is 4.89. The number of non-ortho nitro benzene ring substituents is 1. The lowest BCUT2D eigenvalue weighted by Crippen LogP contribution is -2.33. The molecule has 0 spiro atoms. The van der Waals surface area contributed by atoms with Gasteiger partial charge in [-0.15, -0.1) is 0 Å². The van der Waals surface area contributed by atoms with Crippen LogP contribution in [-0.4, -0.2) is 24.2 Å². The van der Waals surface area contributed by atoms with Gasteiger partial charge in [-0.25, -0.2) is 12.7 Å². The topological polar surface area (TPSA) is 89.8 Å². The number of hydrogen-bond donors (Lipinski definition) is 0. The lowest BCUT2D eigenvalue weighted by Gasteiger charge is -2.30. The number of allylic oxidation sites excluding steroid dienone is 2. The molecular formula is C20H18N2O5S. The lowest BCUT2D eigenvalue weighted by atomic mass is 9.94. The fourth-order valence-electron chi connectivity index (χ4n) is 3.43. The van der Waals surface area contributed by atoms with Crippen molar-refractivity contribution in [1.82, 2.24) is 4.31 Å². The van der Waals surface area contributed by atoms with Gasteiger partial charge in [0.1, 0.15) is 6.61 Å². The number of nitrogens with zero attached hydrogens (tertiary/aromatic N) is 2. The van der Waals surface area contributed by atoms with Crippen molar-refractivity contribution in [2.45, 2.75) is 24.8 Å². The number of sulfonamides is 1. The Morgan fingerprint density at radius 3 is 2.54 bits per heavy atom. The highest BCUT2D eigenvalue weighted by Gasteiger charge is 2.34. The van der Waals surface area contributed by atoms with Gasteiger partial charge in [0.2, 0.25) is 5.88 Å². The smallest absolute Gasteiger partial charge is 0.269 e. The molecular weight excluding hydrogens is 380 g/mol. The third kappa shape index (κ3) is 3.05. The van der Waals surface area contributed by atoms with Crippen molar-refractivity contribution in [3.05, 3.63) is 87.3 Å². The van der Waals surface area contributed by atoms with Gasteiger partial charge in [-0.2, -0.15) is 0 Å². The maximum Gasteiger partial charge on any atom is 0.269 e. The minimum absolute atomic E-state index is 0.0136. The predicted molar refractivity (Wildman–Crippen MR) is 104 cm³/mol. The van der Waals surface area contributed by atoms with E-state index in [0.717, 1.165) is 22.3 Å². The van der Waals surface area contributed by atoms with Crippen molar-refractivity contribution in [1.29, 1.82) is 0 Å². The second-order valence-electron chi connectivity index (χ2n) is 6.74. The summed E-state index contributed by atoms with van der Waals surface area (Å²) in [7, 11) is -3.94. The van der Waals surface area contributed by atoms with Crippen LogP contribution in [0, 0.1) is 10.1 Å². The van der Waals surface area contributed by atoms with Crippen LogP contribution in [0.3, 0.4) is 0 Å². The Balaban J connectivity index is 1.83. The number of hydrogen-bond acceptors (Lipinski definition) is 5. The van der Waals surface area contributed by atoms with Crippen LogP contribution in [0.2, 0.25) is 0 Å². The van der Waals surface area contributed by atoms with Gasteiger partial charge >= 0.3 is 0 Å². The average molecular weight is 398 g/mol. The summed E-state index contributed by atoms with van der Waals surface area (Å²) in [5, 5.41) is 10.9. The van der Waals surface area contributed by atoms with Crippen LogP contribution in [0.25, 0.3) is 5.57 Å². The second kappa shape index (κ2) is 6.79. The summed E-state index contributed by atoms with van der Waals surface area (Å²) in [6.07, 6.45) is 2.46. The molecule has 2 aliphatic heterocycles. The Morgan fingerprint density at radius 2 is 1.82 bits per heavy atom. The molecule has 7 nitrogen and oxygen atoms in total. The van der Waals surface area contributed by atoms with Crippen LogP contribution in [0.5, 0.6) is 0 Å². The summed E-state index contributed by atoms with van der Waals surface area (Å²) < 4.78 is 33.8. The molecule has 4 rings (SSSR count). The number of fused-ring (bicyclic) bond motifs is 2. The predicted octanol–water partition coefficient (Wildman–Crippen LogP) is 3.83. The zero-order valence-corrected chi connectivity index (χ0v) is 16.0. The molecule has 0 bridgehead atoms. The molecule has 144 valence electrons. The van der Waals surface area contributed by atoms with E-state index < -0.39 is 14.9 Å². The molecule has 0 aliphatic carbocycles. The van der Waals surface area contributed by atoms with Gasteiger partial charge in [0.15, 0.2) is 0 Å². The monoisotopic (exact) mass is 398 g/mol. The molecule has 0 aromatic heterocycles. The van der Waals surface area contributed by atoms with E-state index in [-0.39, 0.29) is 17.1 Å². The van der Waals surface area contributed by atoms with E-state index in [9.17, 15) is 18.5 Å². The Labute approximate surface area is 162 Å². The van der Waals surface area contributed by atoms with Gasteiger partial charge in [-0.1, -0.05) is 35.9 Å². The molecule has 8 heteroatoms. The normalized spacial score (nSPS) is 16.5. The van der Waals surface area contributed by atoms with Crippen molar-refractivity contribution < 1.29 is 18.1 Å². The highest BCUT2D eigenvalue weighted by molar-refractivity contribution is 7.89. The minimum Gasteiger partial charge on any atom is -0.473 e. The maximum absolute atomic E-state index is 13.3. The number of ether oxygens (including phenoxy) is 1. The maximum atomic E-state index is 13.3. The van der Waals surface area contributed by atoms with Crippen LogP contribution in [0.4, 0.5) is 5.69 Å². The Hall–Kier alpha value is -3.13. The van der Waals surface area contributed by atoms with Crippen LogP contribution in [0.1, 0.15) is 24.5 Å². The van der Waals surface area contributed by atoms with Crippen molar-refractivity contribution in [2.75, 3.05) is 6.54 Å². The van der Waals surface area contributed by atoms with E-state index >= 15 is 0 Å². The largest absolute Gasteiger partial charge is 0.473 e. The SMILES string of the molecule is CC1=CCN(S(=O)(=O)c2ccc([N+](=O)[O-])cc2)C2=C(C1)c1ccccc1CO2. The minimum atomic E-state index is -3.94. The first-order valence-corrected chi connectivity index (χ1v) is 10.2. The summed E-state index contributed by atoms with van der Waals surface area (Å²) in [4.78, 5) is 10.3. The quantitative estimate of drug-likeness (QED) is 0.445. The summed E-state index contributed by atoms with van der Waals surface area (Å²) in [5.41, 5.74) is 3.73. The molecule has 2 heterocycles. The zero-order chi connectivity index (χ0) is 19.9. The Bertz CT molecular complexity index is 1120. The number of nitro benzene ring substituents is 1. The molecule has 0 saturated heterocycles. The summed E-state index contributed by atoms with van der Waals surface area (Å²) in [6, 6.07) is 12.7. The van der Waals surface area contributed by atoms with E-state index in [2.05, 4.69) is 0 Å². The van der Waals surface area contributed by atoms with E-state index in [1.807, 2.05) is 37.3 Å². The molecule has 28 heavy (non-hydrogen) atoms. The summed E-state index contributed by atoms with van der Waals surface area (Å²) in [5.74, 6) is 0.324. The molecule has 2 aliphatic rings. The average Bonchev–Trinajstić information content (AvgIpc) is 2.87. The highest BCUT2D eigenvalue weighted by atomic mass is 32.2. The molecule has 0 amide bonds. The zero-order valence-electron chi connectivity index (χ0n) is 15.2. The van der Waals surface area contributed by atoms with Crippen molar-refractivity contribution in [2.24, 2.45) is 0 Å². The molecule has 0 saturated carbocycles. The highest BCUT2D eigenvalue weighted by Crippen LogP contribution is 2.39.